The van der Waals surface area contributed by atoms with E-state index in [1.165, 1.54) is 0 Å². The molecule has 5 nitrogen and oxygen atoms in total. The van der Waals surface area contributed by atoms with Gasteiger partial charge in [-0.3, -0.25) is 0 Å². The van der Waals surface area contributed by atoms with E-state index < -0.39 is 9.84 Å². The highest BCUT2D eigenvalue weighted by Crippen LogP contribution is 2.23. The molecule has 0 bridgehead atoms. The Morgan fingerprint density at radius 3 is 2.70 bits per heavy atom. The van der Waals surface area contributed by atoms with Gasteiger partial charge in [0, 0.05) is 37.4 Å². The van der Waals surface area contributed by atoms with Crippen molar-refractivity contribution in [1.29, 1.82) is 0 Å². The molecule has 1 saturated heterocycles. The first-order valence-electron chi connectivity index (χ1n) is 6.87. The molecule has 1 aliphatic heterocycles. The number of nitrogens with one attached hydrogen (secondary N) is 1. The minimum atomic E-state index is -2.96. The zero-order valence-electron chi connectivity index (χ0n) is 11.2. The van der Waals surface area contributed by atoms with Crippen LogP contribution >= 0.6 is 0 Å². The van der Waals surface area contributed by atoms with Gasteiger partial charge in [-0.05, 0) is 18.9 Å². The van der Waals surface area contributed by atoms with Crippen molar-refractivity contribution in [2.45, 2.75) is 25.4 Å². The Morgan fingerprint density at radius 1 is 1.35 bits per heavy atom. The van der Waals surface area contributed by atoms with Gasteiger partial charge < -0.3 is 10.2 Å². The molecule has 20 heavy (non-hydrogen) atoms. The van der Waals surface area contributed by atoms with E-state index in [0.717, 1.165) is 12.8 Å². The van der Waals surface area contributed by atoms with Crippen LogP contribution < -0.4 is 10.2 Å². The zero-order valence-corrected chi connectivity index (χ0v) is 12.0. The molecule has 1 aromatic rings. The quantitative estimate of drug-likeness (QED) is 0.887. The van der Waals surface area contributed by atoms with Crippen LogP contribution in [-0.4, -0.2) is 44.0 Å². The molecule has 1 aromatic heterocycles. The van der Waals surface area contributed by atoms with E-state index in [-0.39, 0.29) is 23.1 Å². The van der Waals surface area contributed by atoms with Gasteiger partial charge in [0.05, 0.1) is 11.5 Å². The van der Waals surface area contributed by atoms with Gasteiger partial charge in [0.15, 0.2) is 21.5 Å². The molecule has 2 heterocycles. The SMILES string of the molecule is O=S1(=O)CCN(c2nccc(CNC3CC3)c2F)CC1. The van der Waals surface area contributed by atoms with Crippen molar-refractivity contribution in [3.63, 3.8) is 0 Å². The summed E-state index contributed by atoms with van der Waals surface area (Å²) < 4.78 is 37.3. The lowest BCUT2D eigenvalue weighted by atomic mass is 10.2. The van der Waals surface area contributed by atoms with E-state index >= 15 is 0 Å². The molecule has 0 aromatic carbocycles. The van der Waals surface area contributed by atoms with Crippen molar-refractivity contribution in [3.8, 4) is 0 Å². The predicted molar refractivity (Wildman–Crippen MR) is 74.9 cm³/mol. The summed E-state index contributed by atoms with van der Waals surface area (Å²) in [6.45, 7) is 1.12. The van der Waals surface area contributed by atoms with Crippen LogP contribution in [0.5, 0.6) is 0 Å². The normalized spacial score (nSPS) is 21.9. The number of rotatable bonds is 4. The van der Waals surface area contributed by atoms with Crippen molar-refractivity contribution in [2.75, 3.05) is 29.5 Å². The summed E-state index contributed by atoms with van der Waals surface area (Å²) in [7, 11) is -2.96. The molecule has 0 atom stereocenters. The molecule has 2 fully saturated rings. The Bertz CT molecular complexity index is 588. The van der Waals surface area contributed by atoms with Crippen molar-refractivity contribution in [3.05, 3.63) is 23.6 Å². The van der Waals surface area contributed by atoms with Gasteiger partial charge in [-0.1, -0.05) is 0 Å². The highest BCUT2D eigenvalue weighted by Gasteiger charge is 2.26. The maximum atomic E-state index is 14.4. The van der Waals surface area contributed by atoms with Crippen LogP contribution in [0, 0.1) is 5.82 Å². The van der Waals surface area contributed by atoms with E-state index in [1.54, 1.807) is 17.2 Å². The highest BCUT2D eigenvalue weighted by molar-refractivity contribution is 7.91. The third kappa shape index (κ3) is 3.09. The molecule has 0 amide bonds. The molecule has 7 heteroatoms. The van der Waals surface area contributed by atoms with Crippen molar-refractivity contribution in [2.24, 2.45) is 0 Å². The van der Waals surface area contributed by atoms with Crippen molar-refractivity contribution in [1.82, 2.24) is 10.3 Å². The van der Waals surface area contributed by atoms with Crippen LogP contribution in [0.4, 0.5) is 10.2 Å². The topological polar surface area (TPSA) is 62.3 Å². The first-order chi connectivity index (χ1) is 9.55. The average molecular weight is 299 g/mol. The molecular formula is C13H18FN3O2S. The first kappa shape index (κ1) is 13.8. The lowest BCUT2D eigenvalue weighted by Gasteiger charge is -2.28. The number of nitrogens with zero attached hydrogens (tertiary/aromatic N) is 2. The summed E-state index contributed by atoms with van der Waals surface area (Å²) in [4.78, 5) is 5.80. The van der Waals surface area contributed by atoms with Crippen molar-refractivity contribution < 1.29 is 12.8 Å². The van der Waals surface area contributed by atoms with E-state index in [2.05, 4.69) is 10.3 Å². The third-order valence-electron chi connectivity index (χ3n) is 3.75. The van der Waals surface area contributed by atoms with Gasteiger partial charge in [0.1, 0.15) is 0 Å². The van der Waals surface area contributed by atoms with E-state index in [4.69, 9.17) is 0 Å². The highest BCUT2D eigenvalue weighted by atomic mass is 32.2. The van der Waals surface area contributed by atoms with Gasteiger partial charge in [-0.2, -0.15) is 0 Å². The molecular weight excluding hydrogens is 281 g/mol. The van der Waals surface area contributed by atoms with Crippen LogP contribution in [0.1, 0.15) is 18.4 Å². The maximum Gasteiger partial charge on any atom is 0.170 e. The monoisotopic (exact) mass is 299 g/mol. The minimum Gasteiger partial charge on any atom is -0.352 e. The predicted octanol–water partition coefficient (Wildman–Crippen LogP) is 0.707. The Labute approximate surface area is 118 Å². The molecule has 1 aliphatic carbocycles. The number of hydrogen-bond donors (Lipinski definition) is 1. The summed E-state index contributed by atoms with van der Waals surface area (Å²) in [5, 5.41) is 3.27. The minimum absolute atomic E-state index is 0.0681. The molecule has 0 unspecified atom stereocenters. The summed E-state index contributed by atoms with van der Waals surface area (Å²) in [5.41, 5.74) is 0.593. The van der Waals surface area contributed by atoms with Gasteiger partial charge in [-0.25, -0.2) is 17.8 Å². The second-order valence-corrected chi connectivity index (χ2v) is 7.71. The second kappa shape index (κ2) is 5.29. The molecule has 0 radical (unpaired) electrons. The zero-order chi connectivity index (χ0) is 14.2. The standard InChI is InChI=1S/C13H18FN3O2S/c14-12-10(9-16-11-1-2-11)3-4-15-13(12)17-5-7-20(18,19)8-6-17/h3-4,11,16H,1-2,5-9H2. The lowest BCUT2D eigenvalue weighted by molar-refractivity contribution is 0.566. The van der Waals surface area contributed by atoms with Crippen LogP contribution in [0.3, 0.4) is 0 Å². The molecule has 110 valence electrons. The fourth-order valence-electron chi connectivity index (χ4n) is 2.29. The van der Waals surface area contributed by atoms with Gasteiger partial charge in [-0.15, -0.1) is 0 Å². The molecule has 3 rings (SSSR count). The Kier molecular flexibility index (Phi) is 3.64. The summed E-state index contributed by atoms with van der Waals surface area (Å²) >= 11 is 0. The molecule has 1 saturated carbocycles. The second-order valence-electron chi connectivity index (χ2n) is 5.40. The molecule has 2 aliphatic rings. The van der Waals surface area contributed by atoms with E-state index in [1.807, 2.05) is 0 Å². The van der Waals surface area contributed by atoms with Gasteiger partial charge in [0.25, 0.3) is 0 Å². The van der Waals surface area contributed by atoms with Crippen LogP contribution in [0.2, 0.25) is 0 Å². The van der Waals surface area contributed by atoms with Crippen molar-refractivity contribution >= 4 is 15.7 Å². The van der Waals surface area contributed by atoms with Gasteiger partial charge in [0.2, 0.25) is 0 Å². The summed E-state index contributed by atoms with van der Waals surface area (Å²) in [6.07, 6.45) is 3.90. The number of sulfone groups is 1. The van der Waals surface area contributed by atoms with E-state index in [0.29, 0.717) is 31.2 Å². The average Bonchev–Trinajstić information content (AvgIpc) is 3.22. The first-order valence-corrected chi connectivity index (χ1v) is 8.69. The number of hydrogen-bond acceptors (Lipinski definition) is 5. The van der Waals surface area contributed by atoms with Crippen LogP contribution in [0.25, 0.3) is 0 Å². The number of anilines is 1. The van der Waals surface area contributed by atoms with E-state index in [9.17, 15) is 12.8 Å². The summed E-state index contributed by atoms with van der Waals surface area (Å²) in [6, 6.07) is 2.20. The number of halogens is 1. The number of pyridine rings is 1. The Balaban J connectivity index is 1.73. The molecule has 1 N–H and O–H groups in total. The lowest BCUT2D eigenvalue weighted by Crippen LogP contribution is -2.41. The Hall–Kier alpha value is -1.21. The fraction of sp³-hybridized carbons (Fsp3) is 0.615. The molecule has 0 spiro atoms. The van der Waals surface area contributed by atoms with Crippen LogP contribution in [0.15, 0.2) is 12.3 Å². The Morgan fingerprint density at radius 2 is 2.05 bits per heavy atom. The van der Waals surface area contributed by atoms with Crippen LogP contribution in [-0.2, 0) is 16.4 Å². The number of aromatic nitrogens is 1. The fourth-order valence-corrected chi connectivity index (χ4v) is 3.50. The smallest absolute Gasteiger partial charge is 0.170 e. The largest absolute Gasteiger partial charge is 0.352 e. The maximum absolute atomic E-state index is 14.4. The third-order valence-corrected chi connectivity index (χ3v) is 5.36. The summed E-state index contributed by atoms with van der Waals surface area (Å²) in [5.74, 6) is 0.0760. The van der Waals surface area contributed by atoms with Gasteiger partial charge >= 0.3 is 0 Å².